The zero-order valence-corrected chi connectivity index (χ0v) is 19.6. The molecule has 0 radical (unpaired) electrons. The highest BCUT2D eigenvalue weighted by Gasteiger charge is 2.34. The lowest BCUT2D eigenvalue weighted by molar-refractivity contribution is 0.102. The van der Waals surface area contributed by atoms with Gasteiger partial charge in [-0.25, -0.2) is 9.67 Å². The maximum absolute atomic E-state index is 13.3. The third-order valence-electron chi connectivity index (χ3n) is 6.27. The highest BCUT2D eigenvalue weighted by molar-refractivity contribution is 6.33. The molecular weight excluding hydrogens is 478 g/mol. The number of anilines is 3. The molecule has 4 aromatic rings. The number of hydrogen-bond acceptors (Lipinski definition) is 6. The van der Waals surface area contributed by atoms with Gasteiger partial charge in [-0.05, 0) is 43.2 Å². The van der Waals surface area contributed by atoms with E-state index in [0.717, 1.165) is 41.2 Å². The molecule has 2 aromatic carbocycles. The van der Waals surface area contributed by atoms with Crippen LogP contribution >= 0.6 is 11.6 Å². The second-order valence-corrected chi connectivity index (χ2v) is 9.03. The van der Waals surface area contributed by atoms with Crippen LogP contribution in [0.15, 0.2) is 61.1 Å². The lowest BCUT2D eigenvalue weighted by Gasteiger charge is -2.12. The monoisotopic (exact) mass is 497 g/mol. The van der Waals surface area contributed by atoms with Crippen molar-refractivity contribution in [3.05, 3.63) is 82.9 Å². The van der Waals surface area contributed by atoms with Gasteiger partial charge < -0.3 is 21.4 Å². The largest absolute Gasteiger partial charge is 0.360 e. The van der Waals surface area contributed by atoms with Crippen LogP contribution in [0.4, 0.5) is 17.2 Å². The van der Waals surface area contributed by atoms with Gasteiger partial charge in [0.1, 0.15) is 5.82 Å². The lowest BCUT2D eigenvalue weighted by Crippen LogP contribution is -2.14. The quantitative estimate of drug-likeness (QED) is 0.256. The van der Waals surface area contributed by atoms with Crippen LogP contribution in [-0.4, -0.2) is 32.8 Å². The van der Waals surface area contributed by atoms with Gasteiger partial charge in [0, 0.05) is 34.8 Å². The Bertz CT molecular complexity index is 1600. The number of nitrogens with one attached hydrogen (secondary N) is 4. The maximum Gasteiger partial charge on any atom is 0.259 e. The van der Waals surface area contributed by atoms with E-state index >= 15 is 0 Å². The Morgan fingerprint density at radius 2 is 2.08 bits per heavy atom. The number of carbonyl (C=O) groups is 2. The van der Waals surface area contributed by atoms with Crippen LogP contribution in [0.3, 0.4) is 0 Å². The van der Waals surface area contributed by atoms with Crippen molar-refractivity contribution in [3.63, 3.8) is 0 Å². The van der Waals surface area contributed by atoms with Gasteiger partial charge in [-0.15, -0.1) is 0 Å². The standard InChI is InChI=1S/C26H20ClN7O2/c27-19-11-15(7-8-20(19)29-10-2-9-28)32-26(36)18-12-31-34(23(18)14-5-6-14)21-13-30-24-22-16(21)3-1-4-17(22)25(35)33-24/h1-4,7-14,28-29H,5-6H2,(H,32,36)(H,30,33,35)/b10-2-,28-9?. The fraction of sp³-hybridized carbons (Fsp3) is 0.115. The zero-order valence-electron chi connectivity index (χ0n) is 18.9. The third-order valence-corrected chi connectivity index (χ3v) is 6.58. The molecule has 4 N–H and O–H groups in total. The molecule has 1 aliphatic heterocycles. The van der Waals surface area contributed by atoms with Crippen LogP contribution in [0.25, 0.3) is 16.5 Å². The van der Waals surface area contributed by atoms with E-state index in [0.29, 0.717) is 33.3 Å². The van der Waals surface area contributed by atoms with Crippen LogP contribution < -0.4 is 16.0 Å². The molecule has 0 bridgehead atoms. The predicted octanol–water partition coefficient (Wildman–Crippen LogP) is 5.34. The molecule has 0 atom stereocenters. The minimum atomic E-state index is -0.278. The van der Waals surface area contributed by atoms with Gasteiger partial charge in [0.15, 0.2) is 0 Å². The summed E-state index contributed by atoms with van der Waals surface area (Å²) in [6.07, 6.45) is 9.50. The van der Waals surface area contributed by atoms with Gasteiger partial charge in [0.2, 0.25) is 0 Å². The summed E-state index contributed by atoms with van der Waals surface area (Å²) in [4.78, 5) is 30.1. The Kier molecular flexibility index (Phi) is 5.26. The van der Waals surface area contributed by atoms with Gasteiger partial charge in [-0.2, -0.15) is 5.10 Å². The predicted molar refractivity (Wildman–Crippen MR) is 140 cm³/mol. The fourth-order valence-electron chi connectivity index (χ4n) is 4.48. The zero-order chi connectivity index (χ0) is 24.8. The second kappa shape index (κ2) is 8.62. The molecule has 6 rings (SSSR count). The number of pyridine rings is 1. The Hall–Kier alpha value is -4.50. The summed E-state index contributed by atoms with van der Waals surface area (Å²) in [5.41, 5.74) is 3.84. The smallest absolute Gasteiger partial charge is 0.259 e. The molecule has 1 saturated carbocycles. The van der Waals surface area contributed by atoms with Crippen molar-refractivity contribution in [2.24, 2.45) is 0 Å². The first kappa shape index (κ1) is 22.0. The van der Waals surface area contributed by atoms with Crippen LogP contribution in [0.2, 0.25) is 5.02 Å². The van der Waals surface area contributed by atoms with Crippen molar-refractivity contribution in [1.29, 1.82) is 5.41 Å². The van der Waals surface area contributed by atoms with Crippen molar-refractivity contribution in [2.45, 2.75) is 18.8 Å². The summed E-state index contributed by atoms with van der Waals surface area (Å²) in [5, 5.41) is 22.4. The van der Waals surface area contributed by atoms with E-state index in [-0.39, 0.29) is 17.7 Å². The Morgan fingerprint density at radius 1 is 1.22 bits per heavy atom. The molecule has 178 valence electrons. The van der Waals surface area contributed by atoms with E-state index in [1.165, 1.54) is 6.08 Å². The minimum absolute atomic E-state index is 0.172. The molecule has 0 spiro atoms. The number of aromatic nitrogens is 3. The van der Waals surface area contributed by atoms with Gasteiger partial charge in [-0.3, -0.25) is 9.59 Å². The van der Waals surface area contributed by atoms with E-state index < -0.39 is 0 Å². The Labute approximate surface area is 210 Å². The number of allylic oxidation sites excluding steroid dienone is 1. The third kappa shape index (κ3) is 3.70. The number of carbonyl (C=O) groups excluding carboxylic acids is 2. The van der Waals surface area contributed by atoms with Crippen LogP contribution in [0.1, 0.15) is 45.2 Å². The van der Waals surface area contributed by atoms with Crippen molar-refractivity contribution in [1.82, 2.24) is 14.8 Å². The van der Waals surface area contributed by atoms with E-state index in [9.17, 15) is 9.59 Å². The first-order valence-electron chi connectivity index (χ1n) is 11.4. The number of halogens is 1. The van der Waals surface area contributed by atoms with E-state index in [2.05, 4.69) is 26.0 Å². The summed E-state index contributed by atoms with van der Waals surface area (Å²) < 4.78 is 1.78. The van der Waals surface area contributed by atoms with Crippen LogP contribution in [0.5, 0.6) is 0 Å². The van der Waals surface area contributed by atoms with Gasteiger partial charge >= 0.3 is 0 Å². The number of benzene rings is 2. The first-order valence-corrected chi connectivity index (χ1v) is 11.8. The molecule has 36 heavy (non-hydrogen) atoms. The number of amides is 2. The average molecular weight is 498 g/mol. The van der Waals surface area contributed by atoms with Gasteiger partial charge in [-0.1, -0.05) is 23.7 Å². The molecule has 2 aromatic heterocycles. The fourth-order valence-corrected chi connectivity index (χ4v) is 4.71. The topological polar surface area (TPSA) is 125 Å². The molecule has 2 amide bonds. The van der Waals surface area contributed by atoms with E-state index in [1.54, 1.807) is 47.5 Å². The molecule has 2 aliphatic rings. The second-order valence-electron chi connectivity index (χ2n) is 8.62. The van der Waals surface area contributed by atoms with Gasteiger partial charge in [0.05, 0.1) is 45.6 Å². The molecular formula is C26H20ClN7O2. The minimum Gasteiger partial charge on any atom is -0.360 e. The molecule has 10 heteroatoms. The number of hydrogen-bond donors (Lipinski definition) is 4. The molecule has 0 unspecified atom stereocenters. The maximum atomic E-state index is 13.3. The van der Waals surface area contributed by atoms with Gasteiger partial charge in [0.25, 0.3) is 11.8 Å². The highest BCUT2D eigenvalue weighted by Crippen LogP contribution is 2.44. The SMILES string of the molecule is N=C/C=C\Nc1ccc(NC(=O)c2cnn(-c3cnc4c5c(cccc35)C(=O)N4)c2C2CC2)cc1Cl. The van der Waals surface area contributed by atoms with Crippen molar-refractivity contribution in [3.8, 4) is 5.69 Å². The first-order chi connectivity index (χ1) is 17.5. The Morgan fingerprint density at radius 3 is 2.86 bits per heavy atom. The average Bonchev–Trinajstić information content (AvgIpc) is 3.53. The van der Waals surface area contributed by atoms with Crippen molar-refractivity contribution < 1.29 is 9.59 Å². The number of rotatable bonds is 7. The summed E-state index contributed by atoms with van der Waals surface area (Å²) >= 11 is 6.35. The summed E-state index contributed by atoms with van der Waals surface area (Å²) in [6, 6.07) is 10.7. The van der Waals surface area contributed by atoms with Crippen LogP contribution in [0, 0.1) is 5.41 Å². The normalized spacial score (nSPS) is 14.3. The Balaban J connectivity index is 1.34. The molecule has 9 nitrogen and oxygen atoms in total. The molecule has 3 heterocycles. The van der Waals surface area contributed by atoms with E-state index in [4.69, 9.17) is 17.0 Å². The number of nitrogens with zero attached hydrogens (tertiary/aromatic N) is 3. The highest BCUT2D eigenvalue weighted by atomic mass is 35.5. The van der Waals surface area contributed by atoms with Crippen LogP contribution in [-0.2, 0) is 0 Å². The lowest BCUT2D eigenvalue weighted by atomic mass is 10.1. The van der Waals surface area contributed by atoms with E-state index in [1.807, 2.05) is 12.1 Å². The summed E-state index contributed by atoms with van der Waals surface area (Å²) in [5.74, 6) is 0.301. The summed E-state index contributed by atoms with van der Waals surface area (Å²) in [6.45, 7) is 0. The molecule has 1 fully saturated rings. The molecule has 1 aliphatic carbocycles. The summed E-state index contributed by atoms with van der Waals surface area (Å²) in [7, 11) is 0. The molecule has 0 saturated heterocycles. The van der Waals surface area contributed by atoms with Crippen molar-refractivity contribution in [2.75, 3.05) is 16.0 Å². The van der Waals surface area contributed by atoms with Crippen molar-refractivity contribution >= 4 is 57.6 Å².